The lowest BCUT2D eigenvalue weighted by atomic mass is 10.2. The van der Waals surface area contributed by atoms with Crippen molar-refractivity contribution in [3.05, 3.63) is 12.7 Å². The molecule has 0 aliphatic heterocycles. The molecular weight excluding hydrogens is 262 g/mol. The number of imidazole rings is 1. The SMILES string of the molecule is CC(C)(C)OC(=O)C(O)Cn1cnc2c(N)ncnc21. The molecule has 0 saturated carbocycles. The number of carbonyl (C=O) groups excluding carboxylic acids is 1. The van der Waals surface area contributed by atoms with E-state index in [4.69, 9.17) is 10.5 Å². The molecule has 0 fully saturated rings. The molecule has 1 atom stereocenters. The molecule has 2 aromatic rings. The largest absolute Gasteiger partial charge is 0.458 e. The zero-order valence-corrected chi connectivity index (χ0v) is 11.6. The summed E-state index contributed by atoms with van der Waals surface area (Å²) in [7, 11) is 0. The van der Waals surface area contributed by atoms with E-state index in [0.717, 1.165) is 0 Å². The van der Waals surface area contributed by atoms with Crippen molar-refractivity contribution in [1.82, 2.24) is 19.5 Å². The van der Waals surface area contributed by atoms with E-state index in [0.29, 0.717) is 11.2 Å². The monoisotopic (exact) mass is 279 g/mol. The lowest BCUT2D eigenvalue weighted by Crippen LogP contribution is -2.34. The summed E-state index contributed by atoms with van der Waals surface area (Å²) >= 11 is 0. The number of nitrogens with zero attached hydrogens (tertiary/aromatic N) is 4. The maximum atomic E-state index is 11.7. The molecule has 8 heteroatoms. The van der Waals surface area contributed by atoms with E-state index in [-0.39, 0.29) is 12.4 Å². The van der Waals surface area contributed by atoms with Gasteiger partial charge in [0.15, 0.2) is 17.6 Å². The fourth-order valence-electron chi connectivity index (χ4n) is 1.66. The molecule has 0 bridgehead atoms. The van der Waals surface area contributed by atoms with E-state index >= 15 is 0 Å². The molecule has 0 aliphatic carbocycles. The van der Waals surface area contributed by atoms with Gasteiger partial charge in [-0.1, -0.05) is 0 Å². The number of hydrogen-bond acceptors (Lipinski definition) is 7. The van der Waals surface area contributed by atoms with E-state index in [1.54, 1.807) is 20.8 Å². The number of rotatable bonds is 3. The van der Waals surface area contributed by atoms with Crippen LogP contribution in [0.15, 0.2) is 12.7 Å². The first-order valence-electron chi connectivity index (χ1n) is 6.10. The Labute approximate surface area is 115 Å². The van der Waals surface area contributed by atoms with Crippen LogP contribution in [0.2, 0.25) is 0 Å². The molecule has 2 rings (SSSR count). The van der Waals surface area contributed by atoms with Gasteiger partial charge < -0.3 is 20.1 Å². The summed E-state index contributed by atoms with van der Waals surface area (Å²) in [4.78, 5) is 23.6. The lowest BCUT2D eigenvalue weighted by molar-refractivity contribution is -0.165. The van der Waals surface area contributed by atoms with Gasteiger partial charge in [-0.15, -0.1) is 0 Å². The van der Waals surface area contributed by atoms with Crippen LogP contribution in [0.3, 0.4) is 0 Å². The van der Waals surface area contributed by atoms with Crippen LogP contribution < -0.4 is 5.73 Å². The number of hydrogen-bond donors (Lipinski definition) is 2. The minimum absolute atomic E-state index is 0.0120. The van der Waals surface area contributed by atoms with Crippen LogP contribution in [0.25, 0.3) is 11.2 Å². The molecule has 0 aliphatic rings. The Morgan fingerprint density at radius 3 is 2.80 bits per heavy atom. The van der Waals surface area contributed by atoms with Gasteiger partial charge in [0.25, 0.3) is 0 Å². The molecule has 0 saturated heterocycles. The third kappa shape index (κ3) is 3.02. The summed E-state index contributed by atoms with van der Waals surface area (Å²) < 4.78 is 6.63. The quantitative estimate of drug-likeness (QED) is 0.766. The summed E-state index contributed by atoms with van der Waals surface area (Å²) in [5.74, 6) is -0.443. The Kier molecular flexibility index (Phi) is 3.58. The van der Waals surface area contributed by atoms with Crippen LogP contribution in [0.1, 0.15) is 20.8 Å². The number of carbonyl (C=O) groups is 1. The average Bonchev–Trinajstić information content (AvgIpc) is 2.72. The number of ether oxygens (including phenoxy) is 1. The highest BCUT2D eigenvalue weighted by Gasteiger charge is 2.24. The van der Waals surface area contributed by atoms with Crippen LogP contribution in [0, 0.1) is 0 Å². The van der Waals surface area contributed by atoms with Crippen molar-refractivity contribution >= 4 is 23.0 Å². The first kappa shape index (κ1) is 14.2. The number of aliphatic hydroxyl groups excluding tert-OH is 1. The Morgan fingerprint density at radius 2 is 2.15 bits per heavy atom. The summed E-state index contributed by atoms with van der Waals surface area (Å²) in [6, 6.07) is 0. The Morgan fingerprint density at radius 1 is 1.45 bits per heavy atom. The standard InChI is InChI=1S/C12H17N5O3/c1-12(2,3)20-11(19)7(18)4-17-6-16-8-9(13)14-5-15-10(8)17/h5-7,18H,4H2,1-3H3,(H2,13,14,15). The van der Waals surface area contributed by atoms with Crippen LogP contribution in [0.4, 0.5) is 5.82 Å². The maximum absolute atomic E-state index is 11.7. The molecule has 1 unspecified atom stereocenters. The second kappa shape index (κ2) is 5.04. The van der Waals surface area contributed by atoms with Crippen molar-refractivity contribution in [2.24, 2.45) is 0 Å². The fourth-order valence-corrected chi connectivity index (χ4v) is 1.66. The van der Waals surface area contributed by atoms with Gasteiger partial charge in [0.1, 0.15) is 17.4 Å². The number of nitrogen functional groups attached to an aromatic ring is 1. The van der Waals surface area contributed by atoms with Gasteiger partial charge in [-0.25, -0.2) is 19.7 Å². The number of anilines is 1. The zero-order chi connectivity index (χ0) is 14.9. The van der Waals surface area contributed by atoms with Crippen molar-refractivity contribution in [3.8, 4) is 0 Å². The van der Waals surface area contributed by atoms with Crippen molar-refractivity contribution in [2.45, 2.75) is 39.0 Å². The van der Waals surface area contributed by atoms with Gasteiger partial charge >= 0.3 is 5.97 Å². The number of esters is 1. The second-order valence-electron chi connectivity index (χ2n) is 5.38. The van der Waals surface area contributed by atoms with Crippen molar-refractivity contribution < 1.29 is 14.6 Å². The second-order valence-corrected chi connectivity index (χ2v) is 5.38. The molecule has 0 aromatic carbocycles. The number of fused-ring (bicyclic) bond motifs is 1. The van der Waals surface area contributed by atoms with Gasteiger partial charge in [-0.05, 0) is 20.8 Å². The molecule has 108 valence electrons. The van der Waals surface area contributed by atoms with Crippen LogP contribution in [-0.4, -0.2) is 42.3 Å². The summed E-state index contributed by atoms with van der Waals surface area (Å²) in [6.45, 7) is 5.19. The molecule has 3 N–H and O–H groups in total. The average molecular weight is 279 g/mol. The van der Waals surface area contributed by atoms with Gasteiger partial charge in [-0.2, -0.15) is 0 Å². The predicted molar refractivity (Wildman–Crippen MR) is 71.6 cm³/mol. The molecule has 2 aromatic heterocycles. The predicted octanol–water partition coefficient (Wildman–Crippen LogP) is 0.111. The smallest absolute Gasteiger partial charge is 0.337 e. The van der Waals surface area contributed by atoms with Crippen LogP contribution in [0.5, 0.6) is 0 Å². The van der Waals surface area contributed by atoms with E-state index in [2.05, 4.69) is 15.0 Å². The molecule has 0 amide bonds. The van der Waals surface area contributed by atoms with Crippen molar-refractivity contribution in [3.63, 3.8) is 0 Å². The molecular formula is C12H17N5O3. The zero-order valence-electron chi connectivity index (χ0n) is 11.6. The number of nitrogens with two attached hydrogens (primary N) is 1. The number of aromatic nitrogens is 4. The third-order valence-corrected chi connectivity index (χ3v) is 2.48. The first-order chi connectivity index (χ1) is 9.28. The van der Waals surface area contributed by atoms with Gasteiger partial charge in [-0.3, -0.25) is 0 Å². The summed E-state index contributed by atoms with van der Waals surface area (Å²) in [6.07, 6.45) is 1.45. The Hall–Kier alpha value is -2.22. The number of aliphatic hydroxyl groups is 1. The minimum atomic E-state index is -1.30. The molecule has 0 radical (unpaired) electrons. The normalized spacial score (nSPS) is 13.4. The molecule has 8 nitrogen and oxygen atoms in total. The van der Waals surface area contributed by atoms with Crippen molar-refractivity contribution in [1.29, 1.82) is 0 Å². The van der Waals surface area contributed by atoms with Crippen LogP contribution >= 0.6 is 0 Å². The van der Waals surface area contributed by atoms with Gasteiger partial charge in [0.2, 0.25) is 0 Å². The van der Waals surface area contributed by atoms with Gasteiger partial charge in [0, 0.05) is 0 Å². The Balaban J connectivity index is 2.16. The fraction of sp³-hybridized carbons (Fsp3) is 0.500. The summed E-state index contributed by atoms with van der Waals surface area (Å²) in [5.41, 5.74) is 5.90. The summed E-state index contributed by atoms with van der Waals surface area (Å²) in [5, 5.41) is 9.88. The first-order valence-corrected chi connectivity index (χ1v) is 6.10. The molecule has 2 heterocycles. The minimum Gasteiger partial charge on any atom is -0.458 e. The van der Waals surface area contributed by atoms with Gasteiger partial charge in [0.05, 0.1) is 12.9 Å². The van der Waals surface area contributed by atoms with E-state index in [1.165, 1.54) is 17.2 Å². The topological polar surface area (TPSA) is 116 Å². The van der Waals surface area contributed by atoms with E-state index < -0.39 is 17.7 Å². The molecule has 0 spiro atoms. The third-order valence-electron chi connectivity index (χ3n) is 2.48. The molecule has 20 heavy (non-hydrogen) atoms. The highest BCUT2D eigenvalue weighted by atomic mass is 16.6. The Bertz CT molecular complexity index is 632. The van der Waals surface area contributed by atoms with E-state index in [9.17, 15) is 9.90 Å². The maximum Gasteiger partial charge on any atom is 0.337 e. The highest BCUT2D eigenvalue weighted by Crippen LogP contribution is 2.15. The van der Waals surface area contributed by atoms with Crippen molar-refractivity contribution in [2.75, 3.05) is 5.73 Å². The highest BCUT2D eigenvalue weighted by molar-refractivity contribution is 5.81. The van der Waals surface area contributed by atoms with Crippen LogP contribution in [-0.2, 0) is 16.1 Å². The van der Waals surface area contributed by atoms with E-state index in [1.807, 2.05) is 0 Å². The lowest BCUT2D eigenvalue weighted by Gasteiger charge is -2.21.